The molecule has 0 fully saturated rings. The molecule has 0 unspecified atom stereocenters. The van der Waals surface area contributed by atoms with Crippen molar-refractivity contribution in [2.75, 3.05) is 0 Å². The van der Waals surface area contributed by atoms with Gasteiger partial charge in [-0.2, -0.15) is 0 Å². The Morgan fingerprint density at radius 3 is 1.49 bits per heavy atom. The van der Waals surface area contributed by atoms with Gasteiger partial charge in [-0.25, -0.2) is 4.98 Å². The van der Waals surface area contributed by atoms with Crippen LogP contribution < -0.4 is 0 Å². The maximum atomic E-state index is 6.13. The van der Waals surface area contributed by atoms with Gasteiger partial charge in [0.25, 0.3) is 0 Å². The fourth-order valence-corrected chi connectivity index (χ4v) is 8.17. The van der Waals surface area contributed by atoms with Crippen molar-refractivity contribution in [1.29, 1.82) is 0 Å². The highest BCUT2D eigenvalue weighted by molar-refractivity contribution is 6.12. The van der Waals surface area contributed by atoms with E-state index in [2.05, 4.69) is 178 Å². The highest BCUT2D eigenvalue weighted by atomic mass is 16.3. The summed E-state index contributed by atoms with van der Waals surface area (Å²) in [6.07, 6.45) is 0. The molecule has 10 aromatic rings. The third-order valence-corrected chi connectivity index (χ3v) is 11.1. The monoisotopic (exact) mass is 687 g/mol. The Bertz CT molecular complexity index is 3010. The van der Waals surface area contributed by atoms with E-state index in [0.717, 1.165) is 55.6 Å². The summed E-state index contributed by atoms with van der Waals surface area (Å²) >= 11 is 0. The van der Waals surface area contributed by atoms with Gasteiger partial charge in [0.1, 0.15) is 22.8 Å². The van der Waals surface area contributed by atoms with Gasteiger partial charge in [0.05, 0.1) is 22.1 Å². The number of benzene rings is 6. The molecule has 4 nitrogen and oxygen atoms in total. The molecule has 10 rings (SSSR count). The number of aromatic nitrogens is 3. The second kappa shape index (κ2) is 11.2. The Labute approximate surface area is 308 Å². The predicted octanol–water partition coefficient (Wildman–Crippen LogP) is 13.4. The third-order valence-electron chi connectivity index (χ3n) is 11.1. The number of nitrogens with zero attached hydrogens (tertiary/aromatic N) is 3. The van der Waals surface area contributed by atoms with Crippen LogP contribution in [0.15, 0.2) is 144 Å². The first-order valence-corrected chi connectivity index (χ1v) is 18.5. The second-order valence-corrected chi connectivity index (χ2v) is 16.5. The summed E-state index contributed by atoms with van der Waals surface area (Å²) in [6.45, 7) is 13.7. The van der Waals surface area contributed by atoms with Crippen LogP contribution in [0.5, 0.6) is 0 Å². The molecule has 0 aliphatic rings. The molecule has 0 aliphatic heterocycles. The Kier molecular flexibility index (Phi) is 6.67. The molecule has 4 heteroatoms. The van der Waals surface area contributed by atoms with E-state index in [1.807, 2.05) is 12.1 Å². The highest BCUT2D eigenvalue weighted by Gasteiger charge is 2.22. The number of fused-ring (bicyclic) bond motifs is 9. The minimum absolute atomic E-state index is 0.0409. The van der Waals surface area contributed by atoms with Gasteiger partial charge >= 0.3 is 0 Å². The van der Waals surface area contributed by atoms with Crippen molar-refractivity contribution < 1.29 is 4.42 Å². The topological polar surface area (TPSA) is 35.9 Å². The van der Waals surface area contributed by atoms with Gasteiger partial charge in [0.15, 0.2) is 0 Å². The van der Waals surface area contributed by atoms with E-state index < -0.39 is 0 Å². The Morgan fingerprint density at radius 1 is 0.396 bits per heavy atom. The molecule has 4 heterocycles. The molecule has 0 saturated carbocycles. The van der Waals surface area contributed by atoms with Gasteiger partial charge < -0.3 is 4.42 Å². The van der Waals surface area contributed by atoms with Gasteiger partial charge in [-0.15, -0.1) is 0 Å². The van der Waals surface area contributed by atoms with Crippen LogP contribution >= 0.6 is 0 Å². The molecular formula is C49H41N3O. The van der Waals surface area contributed by atoms with E-state index in [1.54, 1.807) is 0 Å². The molecule has 0 spiro atoms. The molecule has 4 aromatic heterocycles. The molecule has 0 amide bonds. The number of pyridine rings is 1. The van der Waals surface area contributed by atoms with Gasteiger partial charge in [-0.1, -0.05) is 108 Å². The van der Waals surface area contributed by atoms with E-state index in [0.29, 0.717) is 0 Å². The summed E-state index contributed by atoms with van der Waals surface area (Å²) < 4.78 is 10.8. The first kappa shape index (κ1) is 31.6. The predicted molar refractivity (Wildman–Crippen MR) is 223 cm³/mol. The molecule has 53 heavy (non-hydrogen) atoms. The summed E-state index contributed by atoms with van der Waals surface area (Å²) in [7, 11) is 0. The highest BCUT2D eigenvalue weighted by Crippen LogP contribution is 2.39. The average Bonchev–Trinajstić information content (AvgIpc) is 3.80. The van der Waals surface area contributed by atoms with Crippen LogP contribution in [0.25, 0.3) is 88.3 Å². The zero-order chi connectivity index (χ0) is 36.2. The fourth-order valence-electron chi connectivity index (χ4n) is 8.17. The average molecular weight is 688 g/mol. The van der Waals surface area contributed by atoms with Crippen molar-refractivity contribution in [2.45, 2.75) is 52.4 Å². The molecule has 0 bridgehead atoms. The zero-order valence-corrected chi connectivity index (χ0v) is 31.0. The van der Waals surface area contributed by atoms with Gasteiger partial charge in [-0.05, 0) is 106 Å². The molecular weight excluding hydrogens is 647 g/mol. The van der Waals surface area contributed by atoms with E-state index >= 15 is 0 Å². The maximum absolute atomic E-state index is 6.13. The number of hydrogen-bond acceptors (Lipinski definition) is 2. The van der Waals surface area contributed by atoms with E-state index in [9.17, 15) is 0 Å². The van der Waals surface area contributed by atoms with Crippen LogP contribution in [0.3, 0.4) is 0 Å². The molecule has 0 radical (unpaired) electrons. The van der Waals surface area contributed by atoms with E-state index in [1.165, 1.54) is 43.8 Å². The SMILES string of the molecule is CC(C)(C)c1ccc2c(c1)c1cc(C(C)(C)C)ccc1n2-c1cccc(-n2c3ccccc3c3cc(-c4ccc5oc6ccccc6c5c4)ccc32)n1. The molecule has 6 aromatic carbocycles. The lowest BCUT2D eigenvalue weighted by atomic mass is 9.85. The summed E-state index contributed by atoms with van der Waals surface area (Å²) in [4.78, 5) is 5.45. The van der Waals surface area contributed by atoms with Crippen LogP contribution in [-0.4, -0.2) is 14.1 Å². The Hall–Kier alpha value is -6.13. The van der Waals surface area contributed by atoms with E-state index in [-0.39, 0.29) is 10.8 Å². The minimum Gasteiger partial charge on any atom is -0.456 e. The first-order chi connectivity index (χ1) is 25.5. The van der Waals surface area contributed by atoms with Crippen LogP contribution in [0.4, 0.5) is 0 Å². The quantitative estimate of drug-likeness (QED) is 0.185. The van der Waals surface area contributed by atoms with Crippen molar-refractivity contribution in [3.8, 4) is 22.8 Å². The molecule has 0 N–H and O–H groups in total. The second-order valence-electron chi connectivity index (χ2n) is 16.5. The standard InChI is InChI=1S/C49H41N3O/c1-48(2,3)32-20-23-42-37(28-32)38-29-33(49(4,5)6)21-24-43(38)52(42)47-17-11-16-46(50-47)51-40-14-9-7-12-34(40)36-26-30(18-22-41(36)51)31-19-25-45-39(27-31)35-13-8-10-15-44(35)53-45/h7-29H,1-6H3. The summed E-state index contributed by atoms with van der Waals surface area (Å²) in [5.74, 6) is 1.79. The van der Waals surface area contributed by atoms with Crippen molar-refractivity contribution in [3.63, 3.8) is 0 Å². The normalized spacial score (nSPS) is 12.7. The van der Waals surface area contributed by atoms with Crippen LogP contribution in [-0.2, 0) is 10.8 Å². The van der Waals surface area contributed by atoms with Crippen molar-refractivity contribution in [2.24, 2.45) is 0 Å². The fraction of sp³-hybridized carbons (Fsp3) is 0.163. The Morgan fingerprint density at radius 2 is 0.868 bits per heavy atom. The lowest BCUT2D eigenvalue weighted by Crippen LogP contribution is -2.10. The zero-order valence-electron chi connectivity index (χ0n) is 31.0. The van der Waals surface area contributed by atoms with Gasteiger partial charge in [0.2, 0.25) is 0 Å². The van der Waals surface area contributed by atoms with Crippen molar-refractivity contribution >= 4 is 65.6 Å². The molecule has 0 atom stereocenters. The largest absolute Gasteiger partial charge is 0.456 e. The van der Waals surface area contributed by atoms with Crippen LogP contribution in [0.1, 0.15) is 52.7 Å². The smallest absolute Gasteiger partial charge is 0.140 e. The third kappa shape index (κ3) is 4.93. The lowest BCUT2D eigenvalue weighted by molar-refractivity contribution is 0.590. The van der Waals surface area contributed by atoms with Gasteiger partial charge in [0, 0.05) is 32.3 Å². The first-order valence-electron chi connectivity index (χ1n) is 18.5. The number of rotatable bonds is 3. The lowest BCUT2D eigenvalue weighted by Gasteiger charge is -2.19. The summed E-state index contributed by atoms with van der Waals surface area (Å²) in [6, 6.07) is 50.6. The van der Waals surface area contributed by atoms with Gasteiger partial charge in [-0.3, -0.25) is 9.13 Å². The van der Waals surface area contributed by atoms with Crippen LogP contribution in [0, 0.1) is 0 Å². The van der Waals surface area contributed by atoms with E-state index in [4.69, 9.17) is 9.40 Å². The van der Waals surface area contributed by atoms with Crippen molar-refractivity contribution in [3.05, 3.63) is 151 Å². The maximum Gasteiger partial charge on any atom is 0.140 e. The molecule has 258 valence electrons. The minimum atomic E-state index is 0.0409. The summed E-state index contributed by atoms with van der Waals surface area (Å²) in [5.41, 5.74) is 11.5. The molecule has 0 saturated heterocycles. The van der Waals surface area contributed by atoms with Crippen LogP contribution in [0.2, 0.25) is 0 Å². The number of furan rings is 1. The van der Waals surface area contributed by atoms with Crippen molar-refractivity contribution in [1.82, 2.24) is 14.1 Å². The number of hydrogen-bond donors (Lipinski definition) is 0. The number of para-hydroxylation sites is 2. The summed E-state index contributed by atoms with van der Waals surface area (Å²) in [5, 5.41) is 7.20. The Balaban J connectivity index is 1.16. The molecule has 0 aliphatic carbocycles.